The number of hydrogen-bond donors (Lipinski definition) is 1. The molecule has 0 aliphatic carbocycles. The van der Waals surface area contributed by atoms with E-state index in [4.69, 9.17) is 0 Å². The minimum Gasteiger partial charge on any atom is -0.349 e. The van der Waals surface area contributed by atoms with Crippen molar-refractivity contribution in [1.29, 1.82) is 0 Å². The fraction of sp³-hybridized carbons (Fsp3) is 0.750. The maximum absolute atomic E-state index is 4.53. The zero-order valence-corrected chi connectivity index (χ0v) is 11.6. The van der Waals surface area contributed by atoms with Crippen molar-refractivity contribution in [2.45, 2.75) is 20.4 Å². The van der Waals surface area contributed by atoms with E-state index in [-0.39, 0.29) is 0 Å². The highest BCUT2D eigenvalue weighted by Crippen LogP contribution is 2.23. The van der Waals surface area contributed by atoms with Crippen molar-refractivity contribution < 1.29 is 0 Å². The molecule has 1 saturated heterocycles. The normalized spacial score (nSPS) is 17.3. The molecule has 0 amide bonds. The predicted octanol–water partition coefficient (Wildman–Crippen LogP) is 1.39. The maximum atomic E-state index is 4.53. The zero-order valence-electron chi connectivity index (χ0n) is 10.8. The molecule has 5 heteroatoms. The molecule has 0 aromatic carbocycles. The second-order valence-corrected chi connectivity index (χ2v) is 5.40. The molecule has 0 unspecified atom stereocenters. The summed E-state index contributed by atoms with van der Waals surface area (Å²) in [7, 11) is 0. The van der Waals surface area contributed by atoms with Gasteiger partial charge in [0.15, 0.2) is 5.13 Å². The van der Waals surface area contributed by atoms with Crippen LogP contribution < -0.4 is 10.2 Å². The molecular formula is C12H22N4S. The van der Waals surface area contributed by atoms with Gasteiger partial charge in [-0.05, 0) is 13.8 Å². The molecule has 0 bridgehead atoms. The zero-order chi connectivity index (χ0) is 12.1. The van der Waals surface area contributed by atoms with Crippen molar-refractivity contribution in [3.05, 3.63) is 11.1 Å². The Labute approximate surface area is 108 Å². The molecule has 0 spiro atoms. The summed E-state index contributed by atoms with van der Waals surface area (Å²) in [5.41, 5.74) is 0. The van der Waals surface area contributed by atoms with Crippen LogP contribution in [0.25, 0.3) is 0 Å². The lowest BCUT2D eigenvalue weighted by Gasteiger charge is -2.26. The molecule has 0 saturated carbocycles. The van der Waals surface area contributed by atoms with Crippen LogP contribution in [-0.2, 0) is 6.54 Å². The first kappa shape index (κ1) is 12.8. The first-order chi connectivity index (χ1) is 8.33. The molecule has 0 radical (unpaired) electrons. The number of thiazole rings is 1. The standard InChI is InChI=1S/C12H22N4S/c1-3-16(4-2)12-14-9-11(17-12)10-15-7-5-13-6-8-15/h9,13H,3-8,10H2,1-2H3. The molecule has 1 aromatic heterocycles. The summed E-state index contributed by atoms with van der Waals surface area (Å²) < 4.78 is 0. The Hall–Kier alpha value is -0.650. The van der Waals surface area contributed by atoms with Gasteiger partial charge in [-0.3, -0.25) is 4.90 Å². The van der Waals surface area contributed by atoms with Crippen LogP contribution in [0.15, 0.2) is 6.20 Å². The van der Waals surface area contributed by atoms with E-state index in [1.165, 1.54) is 10.0 Å². The predicted molar refractivity (Wildman–Crippen MR) is 73.8 cm³/mol. The Morgan fingerprint density at radius 3 is 2.71 bits per heavy atom. The molecule has 2 rings (SSSR count). The monoisotopic (exact) mass is 254 g/mol. The van der Waals surface area contributed by atoms with Gasteiger partial charge < -0.3 is 10.2 Å². The quantitative estimate of drug-likeness (QED) is 0.860. The summed E-state index contributed by atoms with van der Waals surface area (Å²) in [6.07, 6.45) is 2.04. The van der Waals surface area contributed by atoms with Crippen molar-refractivity contribution in [2.24, 2.45) is 0 Å². The second-order valence-electron chi connectivity index (χ2n) is 4.31. The number of rotatable bonds is 5. The van der Waals surface area contributed by atoms with Crippen molar-refractivity contribution in [3.8, 4) is 0 Å². The van der Waals surface area contributed by atoms with Crippen LogP contribution in [0, 0.1) is 0 Å². The van der Waals surface area contributed by atoms with E-state index in [2.05, 4.69) is 33.9 Å². The minimum atomic E-state index is 1.04. The molecule has 1 aromatic rings. The Balaban J connectivity index is 1.93. The van der Waals surface area contributed by atoms with Crippen molar-refractivity contribution in [3.63, 3.8) is 0 Å². The van der Waals surface area contributed by atoms with Crippen LogP contribution in [0.1, 0.15) is 18.7 Å². The highest BCUT2D eigenvalue weighted by molar-refractivity contribution is 7.15. The number of nitrogens with zero attached hydrogens (tertiary/aromatic N) is 3. The first-order valence-electron chi connectivity index (χ1n) is 6.46. The van der Waals surface area contributed by atoms with Crippen molar-refractivity contribution >= 4 is 16.5 Å². The van der Waals surface area contributed by atoms with E-state index < -0.39 is 0 Å². The van der Waals surface area contributed by atoms with Crippen LogP contribution in [0.3, 0.4) is 0 Å². The highest BCUT2D eigenvalue weighted by atomic mass is 32.1. The van der Waals surface area contributed by atoms with Gasteiger partial charge in [0.2, 0.25) is 0 Å². The van der Waals surface area contributed by atoms with Gasteiger partial charge in [0.05, 0.1) is 0 Å². The van der Waals surface area contributed by atoms with E-state index in [0.29, 0.717) is 0 Å². The van der Waals surface area contributed by atoms with Gasteiger partial charge in [0.25, 0.3) is 0 Å². The van der Waals surface area contributed by atoms with E-state index in [0.717, 1.165) is 45.8 Å². The molecule has 17 heavy (non-hydrogen) atoms. The van der Waals surface area contributed by atoms with Crippen LogP contribution >= 0.6 is 11.3 Å². The Morgan fingerprint density at radius 2 is 2.06 bits per heavy atom. The summed E-state index contributed by atoms with van der Waals surface area (Å²) in [5, 5.41) is 4.55. The fourth-order valence-electron chi connectivity index (χ4n) is 2.10. The van der Waals surface area contributed by atoms with E-state index in [9.17, 15) is 0 Å². The molecule has 1 aliphatic rings. The van der Waals surface area contributed by atoms with Gasteiger partial charge >= 0.3 is 0 Å². The number of hydrogen-bond acceptors (Lipinski definition) is 5. The number of aromatic nitrogens is 1. The van der Waals surface area contributed by atoms with Crippen molar-refractivity contribution in [2.75, 3.05) is 44.2 Å². The molecule has 2 heterocycles. The van der Waals surface area contributed by atoms with E-state index in [1.54, 1.807) is 0 Å². The fourth-order valence-corrected chi connectivity index (χ4v) is 3.18. The lowest BCUT2D eigenvalue weighted by molar-refractivity contribution is 0.235. The Bertz CT molecular complexity index is 329. The van der Waals surface area contributed by atoms with E-state index >= 15 is 0 Å². The SMILES string of the molecule is CCN(CC)c1ncc(CN2CCNCC2)s1. The Kier molecular flexibility index (Phi) is 4.76. The van der Waals surface area contributed by atoms with E-state index in [1.807, 2.05) is 17.5 Å². The van der Waals surface area contributed by atoms with Crippen molar-refractivity contribution in [1.82, 2.24) is 15.2 Å². The van der Waals surface area contributed by atoms with Gasteiger partial charge in [-0.2, -0.15) is 0 Å². The summed E-state index contributed by atoms with van der Waals surface area (Å²) in [4.78, 5) is 10.7. The molecule has 0 atom stereocenters. The lowest BCUT2D eigenvalue weighted by atomic mass is 10.3. The third-order valence-corrected chi connectivity index (χ3v) is 4.21. The third-order valence-electron chi connectivity index (χ3n) is 3.16. The van der Waals surface area contributed by atoms with Crippen LogP contribution in [0.2, 0.25) is 0 Å². The minimum absolute atomic E-state index is 1.04. The van der Waals surface area contributed by atoms with Gasteiger partial charge in [0, 0.05) is 56.9 Å². The topological polar surface area (TPSA) is 31.4 Å². The van der Waals surface area contributed by atoms with Crippen LogP contribution in [0.4, 0.5) is 5.13 Å². The highest BCUT2D eigenvalue weighted by Gasteiger charge is 2.13. The third kappa shape index (κ3) is 3.40. The maximum Gasteiger partial charge on any atom is 0.185 e. The summed E-state index contributed by atoms with van der Waals surface area (Å²) in [5.74, 6) is 0. The van der Waals surface area contributed by atoms with Gasteiger partial charge in [0.1, 0.15) is 0 Å². The lowest BCUT2D eigenvalue weighted by Crippen LogP contribution is -2.42. The molecular weight excluding hydrogens is 232 g/mol. The smallest absolute Gasteiger partial charge is 0.185 e. The molecule has 1 N–H and O–H groups in total. The number of nitrogens with one attached hydrogen (secondary N) is 1. The molecule has 96 valence electrons. The largest absolute Gasteiger partial charge is 0.349 e. The molecule has 4 nitrogen and oxygen atoms in total. The summed E-state index contributed by atoms with van der Waals surface area (Å²) in [6, 6.07) is 0. The average Bonchev–Trinajstić information content (AvgIpc) is 2.81. The van der Waals surface area contributed by atoms with Crippen LogP contribution in [0.5, 0.6) is 0 Å². The average molecular weight is 254 g/mol. The van der Waals surface area contributed by atoms with Gasteiger partial charge in [-0.15, -0.1) is 11.3 Å². The number of anilines is 1. The van der Waals surface area contributed by atoms with Crippen LogP contribution in [-0.4, -0.2) is 49.2 Å². The second kappa shape index (κ2) is 6.33. The molecule has 1 aliphatic heterocycles. The summed E-state index contributed by atoms with van der Waals surface area (Å²) in [6.45, 7) is 12.0. The van der Waals surface area contributed by atoms with Gasteiger partial charge in [-0.1, -0.05) is 0 Å². The summed E-state index contributed by atoms with van der Waals surface area (Å²) >= 11 is 1.84. The first-order valence-corrected chi connectivity index (χ1v) is 7.27. The Morgan fingerprint density at radius 1 is 1.35 bits per heavy atom. The van der Waals surface area contributed by atoms with Gasteiger partial charge in [-0.25, -0.2) is 4.98 Å². The number of piperazine rings is 1. The molecule has 1 fully saturated rings.